The Balaban J connectivity index is 1.65. The summed E-state index contributed by atoms with van der Waals surface area (Å²) in [6.07, 6.45) is 1.61. The molecule has 0 saturated heterocycles. The monoisotopic (exact) mass is 388 g/mol. The number of ether oxygens (including phenoxy) is 2. The first kappa shape index (κ1) is 18.8. The number of thioether (sulfide) groups is 1. The van der Waals surface area contributed by atoms with Crippen LogP contribution in [0.25, 0.3) is 11.4 Å². The first-order chi connectivity index (χ1) is 13.0. The van der Waals surface area contributed by atoms with Gasteiger partial charge in [0.25, 0.3) is 0 Å². The average Bonchev–Trinajstić information content (AvgIpc) is 3.25. The fourth-order valence-corrected chi connectivity index (χ4v) is 3.22. The Hall–Kier alpha value is -2.94. The van der Waals surface area contributed by atoms with Gasteiger partial charge in [-0.25, -0.2) is 0 Å². The third kappa shape index (κ3) is 4.08. The van der Waals surface area contributed by atoms with E-state index in [0.29, 0.717) is 28.2 Å². The van der Waals surface area contributed by atoms with Crippen LogP contribution in [0.5, 0.6) is 11.5 Å². The summed E-state index contributed by atoms with van der Waals surface area (Å²) in [6.45, 7) is 1.87. The zero-order chi connectivity index (χ0) is 19.4. The zero-order valence-corrected chi connectivity index (χ0v) is 16.3. The van der Waals surface area contributed by atoms with Gasteiger partial charge in [-0.05, 0) is 25.1 Å². The van der Waals surface area contributed by atoms with E-state index in [2.05, 4.69) is 15.5 Å². The van der Waals surface area contributed by atoms with Crippen LogP contribution in [-0.2, 0) is 11.8 Å². The number of carbonyl (C=O) groups excluding carboxylic acids is 1. The SMILES string of the molecule is COc1ccc(NC(=O)CSc2nnc(-c3ccoc3C)n2C)c(OC)c1. The van der Waals surface area contributed by atoms with Crippen LogP contribution in [0.4, 0.5) is 5.69 Å². The first-order valence-electron chi connectivity index (χ1n) is 8.12. The van der Waals surface area contributed by atoms with E-state index in [1.807, 2.05) is 24.6 Å². The predicted molar refractivity (Wildman–Crippen MR) is 102 cm³/mol. The molecule has 1 amide bonds. The van der Waals surface area contributed by atoms with E-state index in [4.69, 9.17) is 13.9 Å². The number of aryl methyl sites for hydroxylation is 1. The Morgan fingerprint density at radius 3 is 2.74 bits per heavy atom. The summed E-state index contributed by atoms with van der Waals surface area (Å²) in [7, 11) is 4.97. The van der Waals surface area contributed by atoms with Crippen molar-refractivity contribution in [1.82, 2.24) is 14.8 Å². The van der Waals surface area contributed by atoms with Crippen molar-refractivity contribution >= 4 is 23.4 Å². The van der Waals surface area contributed by atoms with Crippen molar-refractivity contribution in [2.75, 3.05) is 25.3 Å². The molecular weight excluding hydrogens is 368 g/mol. The fourth-order valence-electron chi connectivity index (χ4n) is 2.51. The van der Waals surface area contributed by atoms with Gasteiger partial charge in [0, 0.05) is 13.1 Å². The van der Waals surface area contributed by atoms with Gasteiger partial charge in [-0.15, -0.1) is 10.2 Å². The Morgan fingerprint density at radius 1 is 1.26 bits per heavy atom. The molecule has 8 nitrogen and oxygen atoms in total. The maximum Gasteiger partial charge on any atom is 0.234 e. The Bertz CT molecular complexity index is 951. The molecule has 2 heterocycles. The Morgan fingerprint density at radius 2 is 2.07 bits per heavy atom. The topological polar surface area (TPSA) is 91.4 Å². The lowest BCUT2D eigenvalue weighted by atomic mass is 10.2. The molecule has 0 fully saturated rings. The number of methoxy groups -OCH3 is 2. The zero-order valence-electron chi connectivity index (χ0n) is 15.5. The number of amides is 1. The van der Waals surface area contributed by atoms with Gasteiger partial charge in [-0.2, -0.15) is 0 Å². The van der Waals surface area contributed by atoms with Gasteiger partial charge in [0.05, 0.1) is 37.5 Å². The number of hydrogen-bond acceptors (Lipinski definition) is 7. The quantitative estimate of drug-likeness (QED) is 0.622. The summed E-state index contributed by atoms with van der Waals surface area (Å²) in [6, 6.07) is 7.05. The summed E-state index contributed by atoms with van der Waals surface area (Å²) in [4.78, 5) is 12.3. The molecule has 0 spiro atoms. The van der Waals surface area contributed by atoms with Crippen molar-refractivity contribution in [2.45, 2.75) is 12.1 Å². The van der Waals surface area contributed by atoms with Crippen molar-refractivity contribution in [1.29, 1.82) is 0 Å². The van der Waals surface area contributed by atoms with Crippen LogP contribution < -0.4 is 14.8 Å². The van der Waals surface area contributed by atoms with Crippen LogP contribution in [0.2, 0.25) is 0 Å². The summed E-state index contributed by atoms with van der Waals surface area (Å²) in [5, 5.41) is 11.8. The second-order valence-corrected chi connectivity index (χ2v) is 6.60. The molecule has 9 heteroatoms. The normalized spacial score (nSPS) is 10.7. The van der Waals surface area contributed by atoms with E-state index in [1.165, 1.54) is 18.9 Å². The number of rotatable bonds is 7. The second kappa shape index (κ2) is 8.17. The molecule has 3 aromatic rings. The van der Waals surface area contributed by atoms with Gasteiger partial charge in [0.15, 0.2) is 11.0 Å². The van der Waals surface area contributed by atoms with Gasteiger partial charge in [0.1, 0.15) is 17.3 Å². The van der Waals surface area contributed by atoms with Crippen molar-refractivity contribution in [2.24, 2.45) is 7.05 Å². The van der Waals surface area contributed by atoms with Gasteiger partial charge >= 0.3 is 0 Å². The van der Waals surface area contributed by atoms with Crippen LogP contribution >= 0.6 is 11.8 Å². The molecule has 0 unspecified atom stereocenters. The lowest BCUT2D eigenvalue weighted by molar-refractivity contribution is -0.113. The maximum absolute atomic E-state index is 12.3. The van der Waals surface area contributed by atoms with Crippen LogP contribution in [0, 0.1) is 6.92 Å². The van der Waals surface area contributed by atoms with E-state index in [-0.39, 0.29) is 11.7 Å². The summed E-state index contributed by atoms with van der Waals surface area (Å²) < 4.78 is 17.6. The number of nitrogens with zero attached hydrogens (tertiary/aromatic N) is 3. The average molecular weight is 388 g/mol. The highest BCUT2D eigenvalue weighted by Crippen LogP contribution is 2.30. The number of benzene rings is 1. The molecule has 0 radical (unpaired) electrons. The molecule has 0 atom stereocenters. The van der Waals surface area contributed by atoms with E-state index >= 15 is 0 Å². The molecular formula is C18H20N4O4S. The number of carbonyl (C=O) groups is 1. The summed E-state index contributed by atoms with van der Waals surface area (Å²) >= 11 is 1.30. The molecule has 1 N–H and O–H groups in total. The number of hydrogen-bond donors (Lipinski definition) is 1. The van der Waals surface area contributed by atoms with E-state index in [0.717, 1.165) is 11.3 Å². The molecule has 0 saturated carbocycles. The third-order valence-electron chi connectivity index (χ3n) is 3.95. The lowest BCUT2D eigenvalue weighted by Crippen LogP contribution is -2.15. The first-order valence-corrected chi connectivity index (χ1v) is 9.10. The van der Waals surface area contributed by atoms with E-state index in [1.54, 1.807) is 31.6 Å². The van der Waals surface area contributed by atoms with Crippen molar-refractivity contribution in [3.8, 4) is 22.9 Å². The van der Waals surface area contributed by atoms with E-state index < -0.39 is 0 Å². The summed E-state index contributed by atoms with van der Waals surface area (Å²) in [5.74, 6) is 2.66. The van der Waals surface area contributed by atoms with Crippen LogP contribution in [0.3, 0.4) is 0 Å². The standard InChI is InChI=1S/C18H20N4O4S/c1-11-13(7-8-26-11)17-20-21-18(22(17)2)27-10-16(23)19-14-6-5-12(24-3)9-15(14)25-4/h5-9H,10H2,1-4H3,(H,19,23). The fraction of sp³-hybridized carbons (Fsp3) is 0.278. The van der Waals surface area contributed by atoms with Crippen LogP contribution in [-0.4, -0.2) is 40.6 Å². The van der Waals surface area contributed by atoms with Gasteiger partial charge in [-0.3, -0.25) is 4.79 Å². The lowest BCUT2D eigenvalue weighted by Gasteiger charge is -2.11. The Labute approximate surface area is 160 Å². The molecule has 0 bridgehead atoms. The highest BCUT2D eigenvalue weighted by atomic mass is 32.2. The van der Waals surface area contributed by atoms with Crippen molar-refractivity contribution in [3.63, 3.8) is 0 Å². The summed E-state index contributed by atoms with van der Waals surface area (Å²) in [5.41, 5.74) is 1.46. The highest BCUT2D eigenvalue weighted by Gasteiger charge is 2.16. The smallest absolute Gasteiger partial charge is 0.234 e. The van der Waals surface area contributed by atoms with E-state index in [9.17, 15) is 4.79 Å². The number of aromatic nitrogens is 3. The molecule has 142 valence electrons. The minimum absolute atomic E-state index is 0.174. The minimum atomic E-state index is -0.174. The molecule has 3 rings (SSSR count). The maximum atomic E-state index is 12.3. The molecule has 0 aliphatic carbocycles. The largest absolute Gasteiger partial charge is 0.497 e. The van der Waals surface area contributed by atoms with Crippen molar-refractivity contribution in [3.05, 3.63) is 36.3 Å². The molecule has 0 aliphatic heterocycles. The Kier molecular flexibility index (Phi) is 5.70. The number of nitrogens with one attached hydrogen (secondary N) is 1. The van der Waals surface area contributed by atoms with Crippen LogP contribution in [0.15, 0.2) is 40.1 Å². The van der Waals surface area contributed by atoms with Gasteiger partial charge < -0.3 is 23.8 Å². The minimum Gasteiger partial charge on any atom is -0.497 e. The van der Waals surface area contributed by atoms with Gasteiger partial charge in [0.2, 0.25) is 5.91 Å². The molecule has 1 aromatic carbocycles. The highest BCUT2D eigenvalue weighted by molar-refractivity contribution is 7.99. The number of anilines is 1. The predicted octanol–water partition coefficient (Wildman–Crippen LogP) is 3.13. The number of furan rings is 1. The van der Waals surface area contributed by atoms with Crippen LogP contribution in [0.1, 0.15) is 5.76 Å². The molecule has 27 heavy (non-hydrogen) atoms. The third-order valence-corrected chi connectivity index (χ3v) is 4.97. The van der Waals surface area contributed by atoms with Crippen molar-refractivity contribution < 1.29 is 18.7 Å². The molecule has 0 aliphatic rings. The van der Waals surface area contributed by atoms with Gasteiger partial charge in [-0.1, -0.05) is 11.8 Å². The second-order valence-electron chi connectivity index (χ2n) is 5.66. The molecule has 2 aromatic heterocycles.